The van der Waals surface area contributed by atoms with Crippen molar-refractivity contribution in [3.05, 3.63) is 18.2 Å². The van der Waals surface area contributed by atoms with Crippen LogP contribution in [-0.4, -0.2) is 62.9 Å². The Labute approximate surface area is 136 Å². The first-order chi connectivity index (χ1) is 11.2. The smallest absolute Gasteiger partial charge is 0.241 e. The number of ether oxygens (including phenoxy) is 3. The van der Waals surface area contributed by atoms with E-state index in [-0.39, 0.29) is 12.0 Å². The maximum absolute atomic E-state index is 12.6. The average molecular weight is 320 g/mol. The minimum Gasteiger partial charge on any atom is -0.491 e. The van der Waals surface area contributed by atoms with Crippen LogP contribution in [0.1, 0.15) is 13.8 Å². The molecule has 0 radical (unpaired) electrons. The summed E-state index contributed by atoms with van der Waals surface area (Å²) in [5, 5.41) is 0. The van der Waals surface area contributed by atoms with Crippen LogP contribution in [0, 0.1) is 0 Å². The molecular weight excluding hydrogens is 296 g/mol. The van der Waals surface area contributed by atoms with Crippen LogP contribution in [0.15, 0.2) is 18.2 Å². The van der Waals surface area contributed by atoms with E-state index in [4.69, 9.17) is 14.2 Å². The predicted octanol–water partition coefficient (Wildman–Crippen LogP) is 1.53. The zero-order valence-corrected chi connectivity index (χ0v) is 13.8. The first-order valence-electron chi connectivity index (χ1n) is 8.25. The van der Waals surface area contributed by atoms with Crippen LogP contribution >= 0.6 is 0 Å². The molecular formula is C17H24N2O4. The molecule has 0 N–H and O–H groups in total. The third-order valence-corrected chi connectivity index (χ3v) is 4.19. The summed E-state index contributed by atoms with van der Waals surface area (Å²) >= 11 is 0. The summed E-state index contributed by atoms with van der Waals surface area (Å²) < 4.78 is 16.5. The molecule has 1 saturated heterocycles. The van der Waals surface area contributed by atoms with Crippen LogP contribution in [0.5, 0.6) is 11.5 Å². The monoisotopic (exact) mass is 320 g/mol. The number of benzene rings is 1. The van der Waals surface area contributed by atoms with E-state index in [1.807, 2.05) is 18.2 Å². The molecule has 6 heteroatoms. The minimum atomic E-state index is 0.0981. The Balaban J connectivity index is 1.73. The topological polar surface area (TPSA) is 54.5 Å². The molecule has 2 aliphatic heterocycles. The van der Waals surface area contributed by atoms with Crippen LogP contribution in [0.4, 0.5) is 5.69 Å². The zero-order valence-electron chi connectivity index (χ0n) is 13.8. The van der Waals surface area contributed by atoms with E-state index in [1.165, 1.54) is 0 Å². The summed E-state index contributed by atoms with van der Waals surface area (Å²) in [5.74, 6) is 1.57. The predicted molar refractivity (Wildman–Crippen MR) is 87.3 cm³/mol. The zero-order chi connectivity index (χ0) is 16.2. The molecule has 2 heterocycles. The number of fused-ring (bicyclic) bond motifs is 1. The van der Waals surface area contributed by atoms with E-state index in [0.717, 1.165) is 36.9 Å². The van der Waals surface area contributed by atoms with Crippen molar-refractivity contribution in [2.75, 3.05) is 50.9 Å². The number of hydrogen-bond donors (Lipinski definition) is 0. The first kappa shape index (κ1) is 16.1. The summed E-state index contributed by atoms with van der Waals surface area (Å²) in [4.78, 5) is 16.6. The Morgan fingerprint density at radius 3 is 2.87 bits per heavy atom. The number of amides is 1. The van der Waals surface area contributed by atoms with Gasteiger partial charge in [0.1, 0.15) is 30.8 Å². The molecule has 1 fully saturated rings. The van der Waals surface area contributed by atoms with Gasteiger partial charge in [-0.3, -0.25) is 9.69 Å². The fourth-order valence-corrected chi connectivity index (χ4v) is 2.62. The van der Waals surface area contributed by atoms with E-state index in [0.29, 0.717) is 26.3 Å². The Hall–Kier alpha value is -1.79. The number of carbonyl (C=O) groups is 1. The molecule has 3 rings (SSSR count). The molecule has 0 spiro atoms. The van der Waals surface area contributed by atoms with E-state index >= 15 is 0 Å². The molecule has 0 aliphatic carbocycles. The maximum Gasteiger partial charge on any atom is 0.241 e. The summed E-state index contributed by atoms with van der Waals surface area (Å²) in [5.41, 5.74) is 0.794. The van der Waals surface area contributed by atoms with Crippen LogP contribution in [-0.2, 0) is 9.53 Å². The lowest BCUT2D eigenvalue weighted by Gasteiger charge is -2.31. The molecule has 0 saturated carbocycles. The summed E-state index contributed by atoms with van der Waals surface area (Å²) in [6, 6.07) is 5.63. The molecule has 1 amide bonds. The quantitative estimate of drug-likeness (QED) is 0.713. The van der Waals surface area contributed by atoms with Crippen molar-refractivity contribution in [1.29, 1.82) is 0 Å². The van der Waals surface area contributed by atoms with Gasteiger partial charge in [-0.2, -0.15) is 0 Å². The molecule has 1 atom stereocenters. The molecule has 23 heavy (non-hydrogen) atoms. The molecule has 1 aromatic rings. The first-order valence-corrected chi connectivity index (χ1v) is 8.25. The number of likely N-dealkylation sites (N-methyl/N-ethyl adjacent to an activating group) is 1. The molecule has 126 valence electrons. The number of anilines is 1. The van der Waals surface area contributed by atoms with Crippen molar-refractivity contribution < 1.29 is 19.0 Å². The van der Waals surface area contributed by atoms with Gasteiger partial charge < -0.3 is 19.1 Å². The van der Waals surface area contributed by atoms with Crippen molar-refractivity contribution in [2.24, 2.45) is 0 Å². The molecule has 1 aromatic carbocycles. The third-order valence-electron chi connectivity index (χ3n) is 4.19. The highest BCUT2D eigenvalue weighted by molar-refractivity contribution is 5.96. The van der Waals surface area contributed by atoms with Gasteiger partial charge >= 0.3 is 0 Å². The fraction of sp³-hybridized carbons (Fsp3) is 0.588. The minimum absolute atomic E-state index is 0.0981. The molecule has 6 nitrogen and oxygen atoms in total. The number of epoxide rings is 1. The van der Waals surface area contributed by atoms with Crippen molar-refractivity contribution in [3.63, 3.8) is 0 Å². The largest absolute Gasteiger partial charge is 0.491 e. The Morgan fingerprint density at radius 2 is 2.17 bits per heavy atom. The van der Waals surface area contributed by atoms with Crippen molar-refractivity contribution in [1.82, 2.24) is 4.90 Å². The molecule has 2 aliphatic rings. The second kappa shape index (κ2) is 7.19. The van der Waals surface area contributed by atoms with Gasteiger partial charge in [-0.15, -0.1) is 0 Å². The van der Waals surface area contributed by atoms with Crippen LogP contribution < -0.4 is 14.4 Å². The van der Waals surface area contributed by atoms with Gasteiger partial charge in [0.05, 0.1) is 25.4 Å². The summed E-state index contributed by atoms with van der Waals surface area (Å²) in [7, 11) is 0. The van der Waals surface area contributed by atoms with E-state index in [9.17, 15) is 4.79 Å². The summed E-state index contributed by atoms with van der Waals surface area (Å²) in [6.45, 7) is 8.69. The van der Waals surface area contributed by atoms with Crippen molar-refractivity contribution in [2.45, 2.75) is 20.0 Å². The maximum atomic E-state index is 12.6. The number of hydrogen-bond acceptors (Lipinski definition) is 5. The second-order valence-electron chi connectivity index (χ2n) is 5.75. The van der Waals surface area contributed by atoms with E-state index in [1.54, 1.807) is 4.90 Å². The standard InChI is InChI=1S/C17H24N2O4/c1-3-18(4-2)10-17(20)19-7-8-21-16-6-5-13(9-15(16)19)22-11-14-12-23-14/h5-6,9,14H,3-4,7-8,10-12H2,1-2H3. The van der Waals surface area contributed by atoms with Crippen molar-refractivity contribution >= 4 is 11.6 Å². The van der Waals surface area contributed by atoms with Gasteiger partial charge in [-0.1, -0.05) is 13.8 Å². The van der Waals surface area contributed by atoms with Crippen LogP contribution in [0.25, 0.3) is 0 Å². The lowest BCUT2D eigenvalue weighted by atomic mass is 10.2. The SMILES string of the molecule is CCN(CC)CC(=O)N1CCOc2ccc(OCC3CO3)cc21. The van der Waals surface area contributed by atoms with E-state index in [2.05, 4.69) is 18.7 Å². The highest BCUT2D eigenvalue weighted by atomic mass is 16.6. The Kier molecular flexibility index (Phi) is 5.03. The number of carbonyl (C=O) groups excluding carboxylic acids is 1. The van der Waals surface area contributed by atoms with Crippen LogP contribution in [0.2, 0.25) is 0 Å². The van der Waals surface area contributed by atoms with E-state index < -0.39 is 0 Å². The van der Waals surface area contributed by atoms with Gasteiger partial charge in [0.2, 0.25) is 5.91 Å². The number of nitrogens with zero attached hydrogens (tertiary/aromatic N) is 2. The van der Waals surface area contributed by atoms with Gasteiger partial charge in [0.15, 0.2) is 0 Å². The average Bonchev–Trinajstić information content (AvgIpc) is 3.41. The van der Waals surface area contributed by atoms with Gasteiger partial charge in [0, 0.05) is 6.07 Å². The Bertz CT molecular complexity index is 556. The Morgan fingerprint density at radius 1 is 1.39 bits per heavy atom. The highest BCUT2D eigenvalue weighted by Gasteiger charge is 2.26. The molecule has 0 bridgehead atoms. The van der Waals surface area contributed by atoms with Crippen LogP contribution in [0.3, 0.4) is 0 Å². The lowest BCUT2D eigenvalue weighted by molar-refractivity contribution is -0.119. The normalized spacial score (nSPS) is 19.3. The fourth-order valence-electron chi connectivity index (χ4n) is 2.62. The van der Waals surface area contributed by atoms with Crippen molar-refractivity contribution in [3.8, 4) is 11.5 Å². The number of rotatable bonds is 7. The van der Waals surface area contributed by atoms with Gasteiger partial charge in [-0.05, 0) is 25.2 Å². The highest BCUT2D eigenvalue weighted by Crippen LogP contribution is 2.35. The molecule has 0 aromatic heterocycles. The third kappa shape index (κ3) is 3.95. The van der Waals surface area contributed by atoms with Gasteiger partial charge in [0.25, 0.3) is 0 Å². The second-order valence-corrected chi connectivity index (χ2v) is 5.75. The van der Waals surface area contributed by atoms with Gasteiger partial charge in [-0.25, -0.2) is 0 Å². The molecule has 1 unspecified atom stereocenters. The lowest BCUT2D eigenvalue weighted by Crippen LogP contribution is -2.44. The summed E-state index contributed by atoms with van der Waals surface area (Å²) in [6.07, 6.45) is 0.211.